The summed E-state index contributed by atoms with van der Waals surface area (Å²) in [6.45, 7) is 8.16. The van der Waals surface area contributed by atoms with Crippen molar-refractivity contribution >= 4 is 0 Å². The molecule has 0 aromatic heterocycles. The third kappa shape index (κ3) is 1.21. The SMILES string of the molecule is C=C(C#N)C1CC(C)(C)C1. The second kappa shape index (κ2) is 2.12. The van der Waals surface area contributed by atoms with Crippen LogP contribution in [0.3, 0.4) is 0 Å². The molecule has 0 radical (unpaired) electrons. The summed E-state index contributed by atoms with van der Waals surface area (Å²) in [5.74, 6) is 0.486. The van der Waals surface area contributed by atoms with Crippen molar-refractivity contribution in [2.24, 2.45) is 11.3 Å². The average Bonchev–Trinajstić information content (AvgIpc) is 1.81. The van der Waals surface area contributed by atoms with Crippen LogP contribution in [0.1, 0.15) is 26.7 Å². The Morgan fingerprint density at radius 3 is 2.40 bits per heavy atom. The summed E-state index contributed by atoms with van der Waals surface area (Å²) >= 11 is 0. The molecule has 0 bridgehead atoms. The fourth-order valence-corrected chi connectivity index (χ4v) is 1.61. The number of allylic oxidation sites excluding steroid dienone is 1. The van der Waals surface area contributed by atoms with Crippen molar-refractivity contribution in [3.63, 3.8) is 0 Å². The molecule has 54 valence electrons. The van der Waals surface area contributed by atoms with Crippen LogP contribution in [0.4, 0.5) is 0 Å². The first-order valence-corrected chi connectivity index (χ1v) is 3.64. The van der Waals surface area contributed by atoms with Crippen LogP contribution in [0.25, 0.3) is 0 Å². The van der Waals surface area contributed by atoms with Crippen LogP contribution in [-0.2, 0) is 0 Å². The summed E-state index contributed by atoms with van der Waals surface area (Å²) in [6, 6.07) is 2.11. The lowest BCUT2D eigenvalue weighted by Crippen LogP contribution is -2.32. The molecule has 0 aromatic carbocycles. The van der Waals surface area contributed by atoms with Crippen molar-refractivity contribution in [3.05, 3.63) is 12.2 Å². The minimum atomic E-state index is 0.463. The van der Waals surface area contributed by atoms with E-state index in [0.29, 0.717) is 11.3 Å². The molecule has 1 rings (SSSR count). The van der Waals surface area contributed by atoms with E-state index in [-0.39, 0.29) is 0 Å². The maximum Gasteiger partial charge on any atom is 0.0943 e. The summed E-state index contributed by atoms with van der Waals surface area (Å²) < 4.78 is 0. The van der Waals surface area contributed by atoms with E-state index in [1.165, 1.54) is 0 Å². The van der Waals surface area contributed by atoms with Crippen LogP contribution >= 0.6 is 0 Å². The fraction of sp³-hybridized carbons (Fsp3) is 0.667. The van der Waals surface area contributed by atoms with Gasteiger partial charge < -0.3 is 0 Å². The quantitative estimate of drug-likeness (QED) is 0.507. The van der Waals surface area contributed by atoms with Gasteiger partial charge in [-0.2, -0.15) is 5.26 Å². The monoisotopic (exact) mass is 135 g/mol. The molecule has 1 nitrogen and oxygen atoms in total. The Kier molecular flexibility index (Phi) is 1.56. The highest BCUT2D eigenvalue weighted by Gasteiger charge is 2.37. The van der Waals surface area contributed by atoms with Gasteiger partial charge in [0.05, 0.1) is 6.07 Å². The smallest absolute Gasteiger partial charge is 0.0943 e. The summed E-state index contributed by atoms with van der Waals surface area (Å²) in [6.07, 6.45) is 2.28. The average molecular weight is 135 g/mol. The number of nitriles is 1. The van der Waals surface area contributed by atoms with Gasteiger partial charge in [0.25, 0.3) is 0 Å². The Balaban J connectivity index is 2.42. The van der Waals surface area contributed by atoms with Gasteiger partial charge in [0.2, 0.25) is 0 Å². The highest BCUT2D eigenvalue weighted by Crippen LogP contribution is 2.47. The van der Waals surface area contributed by atoms with Crippen LogP contribution in [0.2, 0.25) is 0 Å². The van der Waals surface area contributed by atoms with E-state index >= 15 is 0 Å². The Morgan fingerprint density at radius 1 is 1.60 bits per heavy atom. The molecule has 1 aliphatic rings. The summed E-state index contributed by atoms with van der Waals surface area (Å²) in [5, 5.41) is 8.49. The van der Waals surface area contributed by atoms with E-state index in [0.717, 1.165) is 18.4 Å². The molecule has 0 heterocycles. The van der Waals surface area contributed by atoms with Gasteiger partial charge in [-0.05, 0) is 24.2 Å². The molecule has 1 aliphatic carbocycles. The molecule has 0 N–H and O–H groups in total. The Morgan fingerprint density at radius 2 is 2.10 bits per heavy atom. The van der Waals surface area contributed by atoms with E-state index in [9.17, 15) is 0 Å². The zero-order valence-corrected chi connectivity index (χ0v) is 6.65. The minimum Gasteiger partial charge on any atom is -0.193 e. The molecule has 0 unspecified atom stereocenters. The molecule has 0 amide bonds. The molecular weight excluding hydrogens is 122 g/mol. The third-order valence-corrected chi connectivity index (χ3v) is 2.23. The second-order valence-corrected chi connectivity index (χ2v) is 3.91. The minimum absolute atomic E-state index is 0.463. The molecule has 0 atom stereocenters. The highest BCUT2D eigenvalue weighted by atomic mass is 14.4. The van der Waals surface area contributed by atoms with Gasteiger partial charge >= 0.3 is 0 Å². The van der Waals surface area contributed by atoms with Gasteiger partial charge in [-0.15, -0.1) is 0 Å². The molecule has 1 saturated carbocycles. The first-order chi connectivity index (χ1) is 4.55. The lowest BCUT2D eigenvalue weighted by atomic mass is 9.62. The van der Waals surface area contributed by atoms with Crippen LogP contribution in [-0.4, -0.2) is 0 Å². The maximum absolute atomic E-state index is 8.49. The first-order valence-electron chi connectivity index (χ1n) is 3.64. The van der Waals surface area contributed by atoms with Crippen LogP contribution in [0.15, 0.2) is 12.2 Å². The Hall–Kier alpha value is -0.770. The summed E-state index contributed by atoms with van der Waals surface area (Å²) in [5.41, 5.74) is 1.23. The van der Waals surface area contributed by atoms with E-state index in [4.69, 9.17) is 5.26 Å². The van der Waals surface area contributed by atoms with E-state index in [1.54, 1.807) is 0 Å². The lowest BCUT2D eigenvalue weighted by molar-refractivity contribution is 0.126. The van der Waals surface area contributed by atoms with E-state index < -0.39 is 0 Å². The van der Waals surface area contributed by atoms with Gasteiger partial charge in [-0.3, -0.25) is 0 Å². The number of nitrogens with zero attached hydrogens (tertiary/aromatic N) is 1. The Bertz CT molecular complexity index is 187. The van der Waals surface area contributed by atoms with Crippen molar-refractivity contribution in [2.45, 2.75) is 26.7 Å². The topological polar surface area (TPSA) is 23.8 Å². The summed E-state index contributed by atoms with van der Waals surface area (Å²) in [7, 11) is 0. The largest absolute Gasteiger partial charge is 0.193 e. The standard InChI is InChI=1S/C9H13N/c1-7(6-10)8-4-9(2,3)5-8/h8H,1,4-5H2,2-3H3. The molecule has 1 fully saturated rings. The van der Waals surface area contributed by atoms with Crippen molar-refractivity contribution in [3.8, 4) is 6.07 Å². The van der Waals surface area contributed by atoms with Crippen molar-refractivity contribution in [1.29, 1.82) is 5.26 Å². The Labute approximate surface area is 62.4 Å². The second-order valence-electron chi connectivity index (χ2n) is 3.91. The van der Waals surface area contributed by atoms with Crippen LogP contribution in [0.5, 0.6) is 0 Å². The number of hydrogen-bond acceptors (Lipinski definition) is 1. The molecule has 0 spiro atoms. The van der Waals surface area contributed by atoms with Crippen LogP contribution in [0, 0.1) is 22.7 Å². The fourth-order valence-electron chi connectivity index (χ4n) is 1.61. The third-order valence-electron chi connectivity index (χ3n) is 2.23. The van der Waals surface area contributed by atoms with Gasteiger partial charge in [0.1, 0.15) is 0 Å². The predicted molar refractivity (Wildman–Crippen MR) is 41.3 cm³/mol. The molecule has 0 aliphatic heterocycles. The van der Waals surface area contributed by atoms with E-state index in [1.807, 2.05) is 0 Å². The first kappa shape index (κ1) is 7.34. The van der Waals surface area contributed by atoms with Gasteiger partial charge in [0.15, 0.2) is 0 Å². The zero-order chi connectivity index (χ0) is 7.78. The maximum atomic E-state index is 8.49. The summed E-state index contributed by atoms with van der Waals surface area (Å²) in [4.78, 5) is 0. The molecular formula is C9H13N. The number of hydrogen-bond donors (Lipinski definition) is 0. The molecule has 0 aromatic rings. The molecule has 0 saturated heterocycles. The van der Waals surface area contributed by atoms with Gasteiger partial charge in [-0.1, -0.05) is 20.4 Å². The zero-order valence-electron chi connectivity index (χ0n) is 6.65. The van der Waals surface area contributed by atoms with Crippen molar-refractivity contribution in [2.75, 3.05) is 0 Å². The van der Waals surface area contributed by atoms with E-state index in [2.05, 4.69) is 26.5 Å². The highest BCUT2D eigenvalue weighted by molar-refractivity contribution is 5.23. The number of rotatable bonds is 1. The van der Waals surface area contributed by atoms with Crippen LogP contribution < -0.4 is 0 Å². The van der Waals surface area contributed by atoms with Crippen molar-refractivity contribution in [1.82, 2.24) is 0 Å². The molecule has 1 heteroatoms. The lowest BCUT2D eigenvalue weighted by Gasteiger charge is -2.42. The van der Waals surface area contributed by atoms with Gasteiger partial charge in [0, 0.05) is 5.57 Å². The normalized spacial score (nSPS) is 22.9. The van der Waals surface area contributed by atoms with Crippen molar-refractivity contribution < 1.29 is 0 Å². The predicted octanol–water partition coefficient (Wildman–Crippen LogP) is 2.50. The molecule has 10 heavy (non-hydrogen) atoms. The van der Waals surface area contributed by atoms with Gasteiger partial charge in [-0.25, -0.2) is 0 Å².